The minimum Gasteiger partial charge on any atom is -0.480 e. The van der Waals surface area contributed by atoms with Gasteiger partial charge < -0.3 is 9.84 Å². The summed E-state index contributed by atoms with van der Waals surface area (Å²) in [5.74, 6) is -2.97. The number of halogens is 4. The second-order valence-corrected chi connectivity index (χ2v) is 6.48. The zero-order valence-corrected chi connectivity index (χ0v) is 15.0. The Bertz CT molecular complexity index is 976. The van der Waals surface area contributed by atoms with Crippen molar-refractivity contribution in [3.63, 3.8) is 0 Å². The number of aromatic carboxylic acids is 1. The number of carboxylic acid groups (broad SMARTS) is 1. The number of carboxylic acids is 1. The summed E-state index contributed by atoms with van der Waals surface area (Å²) in [6.45, 7) is 2.69. The van der Waals surface area contributed by atoms with Crippen LogP contribution in [0.5, 0.6) is 5.75 Å². The Balaban J connectivity index is 2.13. The number of hydrogen-bond donors (Lipinski definition) is 1. The first kappa shape index (κ1) is 19.9. The van der Waals surface area contributed by atoms with E-state index in [0.29, 0.717) is 18.8 Å². The summed E-state index contributed by atoms with van der Waals surface area (Å²) < 4.78 is 59.8. The highest BCUT2D eigenvalue weighted by molar-refractivity contribution is 5.91. The normalized spacial score (nSPS) is 15.5. The molecule has 1 aromatic carbocycles. The predicted octanol–water partition coefficient (Wildman–Crippen LogP) is 3.10. The number of hydrogen-bond acceptors (Lipinski definition) is 4. The van der Waals surface area contributed by atoms with Gasteiger partial charge in [0.1, 0.15) is 28.6 Å². The number of aromatic nitrogens is 3. The van der Waals surface area contributed by atoms with Crippen LogP contribution in [0.2, 0.25) is 0 Å². The number of alkyl halides is 3. The summed E-state index contributed by atoms with van der Waals surface area (Å²) in [5, 5.41) is 13.3. The van der Waals surface area contributed by atoms with Crippen LogP contribution in [0.4, 0.5) is 17.6 Å². The van der Waals surface area contributed by atoms with Crippen LogP contribution in [-0.2, 0) is 6.54 Å². The molecule has 0 radical (unpaired) electrons. The first-order chi connectivity index (χ1) is 13.0. The van der Waals surface area contributed by atoms with Crippen molar-refractivity contribution in [2.45, 2.75) is 51.4 Å². The van der Waals surface area contributed by atoms with Gasteiger partial charge in [0.05, 0.1) is 0 Å². The molecule has 0 aliphatic heterocycles. The lowest BCUT2D eigenvalue weighted by Crippen LogP contribution is -2.32. The molecule has 1 unspecified atom stereocenters. The van der Waals surface area contributed by atoms with Crippen LogP contribution in [0.25, 0.3) is 5.69 Å². The maximum absolute atomic E-state index is 14.5. The Morgan fingerprint density at radius 2 is 2.04 bits per heavy atom. The van der Waals surface area contributed by atoms with Crippen LogP contribution in [0.1, 0.15) is 48.8 Å². The van der Waals surface area contributed by atoms with Gasteiger partial charge in [-0.1, -0.05) is 0 Å². The quantitative estimate of drug-likeness (QED) is 0.749. The summed E-state index contributed by atoms with van der Waals surface area (Å²) in [6, 6.07) is 1.27. The Kier molecular flexibility index (Phi) is 4.94. The van der Waals surface area contributed by atoms with Crippen molar-refractivity contribution in [2.75, 3.05) is 0 Å². The molecule has 1 heterocycles. The van der Waals surface area contributed by atoms with Gasteiger partial charge in [-0.3, -0.25) is 4.57 Å². The fourth-order valence-corrected chi connectivity index (χ4v) is 2.74. The van der Waals surface area contributed by atoms with Gasteiger partial charge >= 0.3 is 17.8 Å². The molecule has 2 aromatic rings. The molecule has 1 aliphatic rings. The van der Waals surface area contributed by atoms with Crippen LogP contribution in [0.15, 0.2) is 16.9 Å². The van der Waals surface area contributed by atoms with Gasteiger partial charge in [0.25, 0.3) is 0 Å². The maximum Gasteiger partial charge on any atom is 0.425 e. The smallest absolute Gasteiger partial charge is 0.425 e. The van der Waals surface area contributed by atoms with Crippen LogP contribution >= 0.6 is 0 Å². The summed E-state index contributed by atoms with van der Waals surface area (Å²) in [7, 11) is 0. The fourth-order valence-electron chi connectivity index (χ4n) is 2.74. The van der Waals surface area contributed by atoms with Crippen molar-refractivity contribution in [1.29, 1.82) is 0 Å². The molecular formula is C17H17F4N3O4. The third kappa shape index (κ3) is 3.60. The highest BCUT2D eigenvalue weighted by atomic mass is 19.4. The van der Waals surface area contributed by atoms with Crippen molar-refractivity contribution in [3.8, 4) is 11.4 Å². The molecule has 152 valence electrons. The molecule has 1 fully saturated rings. The second kappa shape index (κ2) is 6.95. The van der Waals surface area contributed by atoms with E-state index in [9.17, 15) is 32.3 Å². The summed E-state index contributed by atoms with van der Waals surface area (Å²) in [5.41, 5.74) is -1.93. The molecule has 1 atom stereocenters. The van der Waals surface area contributed by atoms with Crippen LogP contribution in [-0.4, -0.2) is 37.7 Å². The summed E-state index contributed by atoms with van der Waals surface area (Å²) in [4.78, 5) is 23.9. The number of rotatable bonds is 6. The van der Waals surface area contributed by atoms with Crippen LogP contribution in [0, 0.1) is 5.82 Å². The van der Waals surface area contributed by atoms with Crippen molar-refractivity contribution >= 4 is 5.97 Å². The van der Waals surface area contributed by atoms with Crippen LogP contribution < -0.4 is 10.4 Å². The minimum atomic E-state index is -4.76. The van der Waals surface area contributed by atoms with Crippen molar-refractivity contribution in [2.24, 2.45) is 0 Å². The third-order valence-corrected chi connectivity index (χ3v) is 4.42. The molecule has 1 saturated carbocycles. The predicted molar refractivity (Wildman–Crippen MR) is 88.5 cm³/mol. The SMILES string of the molecule is CCn1c(C2CC2)nn(-c2cc(OC(C)C(F)(F)F)c(C(=O)O)cc2F)c1=O. The van der Waals surface area contributed by atoms with E-state index in [2.05, 4.69) is 5.10 Å². The average molecular weight is 403 g/mol. The van der Waals surface area contributed by atoms with Crippen molar-refractivity contribution in [1.82, 2.24) is 14.3 Å². The molecule has 1 aromatic heterocycles. The molecule has 3 rings (SSSR count). The Labute approximate surface area is 156 Å². The molecule has 11 heteroatoms. The Morgan fingerprint density at radius 3 is 2.54 bits per heavy atom. The van der Waals surface area contributed by atoms with Crippen molar-refractivity contribution < 1.29 is 32.2 Å². The molecule has 0 bridgehead atoms. The minimum absolute atomic E-state index is 0.0660. The van der Waals surface area contributed by atoms with Gasteiger partial charge in [-0.2, -0.15) is 17.9 Å². The summed E-state index contributed by atoms with van der Waals surface area (Å²) in [6.07, 6.45) is -5.44. The van der Waals surface area contributed by atoms with Gasteiger partial charge in [-0.05, 0) is 32.8 Å². The Hall–Kier alpha value is -2.85. The van der Waals surface area contributed by atoms with Crippen LogP contribution in [0.3, 0.4) is 0 Å². The zero-order valence-electron chi connectivity index (χ0n) is 15.0. The summed E-state index contributed by atoms with van der Waals surface area (Å²) >= 11 is 0. The lowest BCUT2D eigenvalue weighted by Gasteiger charge is -2.19. The lowest BCUT2D eigenvalue weighted by molar-refractivity contribution is -0.189. The molecule has 0 saturated heterocycles. The molecule has 7 nitrogen and oxygen atoms in total. The van der Waals surface area contributed by atoms with E-state index in [1.165, 1.54) is 4.57 Å². The number of benzene rings is 1. The molecule has 1 N–H and O–H groups in total. The number of ether oxygens (including phenoxy) is 1. The van der Waals surface area contributed by atoms with Crippen molar-refractivity contribution in [3.05, 3.63) is 39.8 Å². The van der Waals surface area contributed by atoms with E-state index in [-0.39, 0.29) is 12.5 Å². The topological polar surface area (TPSA) is 86.3 Å². The third-order valence-electron chi connectivity index (χ3n) is 4.42. The van der Waals surface area contributed by atoms with Gasteiger partial charge in [0.15, 0.2) is 6.10 Å². The van der Waals surface area contributed by atoms with Gasteiger partial charge in [0, 0.05) is 18.5 Å². The van der Waals surface area contributed by atoms with E-state index in [1.807, 2.05) is 0 Å². The van der Waals surface area contributed by atoms with E-state index in [4.69, 9.17) is 4.74 Å². The molecular weight excluding hydrogens is 386 g/mol. The molecule has 1 aliphatic carbocycles. The maximum atomic E-state index is 14.5. The fraction of sp³-hybridized carbons (Fsp3) is 0.471. The highest BCUT2D eigenvalue weighted by Crippen LogP contribution is 2.39. The van der Waals surface area contributed by atoms with Gasteiger partial charge in [-0.15, -0.1) is 5.10 Å². The largest absolute Gasteiger partial charge is 0.480 e. The number of nitrogens with zero attached hydrogens (tertiary/aromatic N) is 3. The monoisotopic (exact) mass is 403 g/mol. The van der Waals surface area contributed by atoms with Gasteiger partial charge in [-0.25, -0.2) is 14.0 Å². The molecule has 0 amide bonds. The average Bonchev–Trinajstić information content (AvgIpc) is 3.39. The number of carbonyl (C=O) groups is 1. The first-order valence-corrected chi connectivity index (χ1v) is 8.54. The molecule has 0 spiro atoms. The van der Waals surface area contributed by atoms with E-state index < -0.39 is 46.8 Å². The van der Waals surface area contributed by atoms with E-state index in [1.54, 1.807) is 6.92 Å². The first-order valence-electron chi connectivity index (χ1n) is 8.54. The van der Waals surface area contributed by atoms with Gasteiger partial charge in [0.2, 0.25) is 0 Å². The van der Waals surface area contributed by atoms with E-state index >= 15 is 0 Å². The van der Waals surface area contributed by atoms with E-state index in [0.717, 1.165) is 23.6 Å². The Morgan fingerprint density at radius 1 is 1.39 bits per heavy atom. The zero-order chi connectivity index (χ0) is 20.8. The highest BCUT2D eigenvalue weighted by Gasteiger charge is 2.39. The lowest BCUT2D eigenvalue weighted by atomic mass is 10.1. The standard InChI is InChI=1S/C17H17F4N3O4/c1-3-23-14(9-4-5-9)22-24(16(23)27)12-7-13(28-8(2)17(19,20)21)10(15(25)26)6-11(12)18/h6-9H,3-5H2,1-2H3,(H,25,26). The molecule has 28 heavy (non-hydrogen) atoms. The second-order valence-electron chi connectivity index (χ2n) is 6.48.